The van der Waals surface area contributed by atoms with Crippen molar-refractivity contribution in [3.8, 4) is 5.75 Å². The molecule has 3 aromatic rings. The molecule has 0 saturated heterocycles. The Morgan fingerprint density at radius 1 is 0.973 bits per heavy atom. The van der Waals surface area contributed by atoms with Gasteiger partial charge in [-0.25, -0.2) is 8.42 Å². The Kier molecular flexibility index (Phi) is 9.30. The summed E-state index contributed by atoms with van der Waals surface area (Å²) in [6, 6.07) is 21.3. The van der Waals surface area contributed by atoms with Crippen molar-refractivity contribution in [2.75, 3.05) is 24.5 Å². The van der Waals surface area contributed by atoms with E-state index in [1.807, 2.05) is 6.07 Å². The Labute approximate surface area is 218 Å². The van der Waals surface area contributed by atoms with Crippen LogP contribution in [0.2, 0.25) is 0 Å². The lowest BCUT2D eigenvalue weighted by Gasteiger charge is -2.32. The normalized spacial score (nSPS) is 11.9. The van der Waals surface area contributed by atoms with Gasteiger partial charge in [0, 0.05) is 13.1 Å². The van der Waals surface area contributed by atoms with Crippen molar-refractivity contribution >= 4 is 27.5 Å². The minimum absolute atomic E-state index is 0.0715. The van der Waals surface area contributed by atoms with Crippen LogP contribution in [0, 0.1) is 6.92 Å². The predicted octanol–water partition coefficient (Wildman–Crippen LogP) is 3.75. The highest BCUT2D eigenvalue weighted by atomic mass is 32.2. The first kappa shape index (κ1) is 27.7. The lowest BCUT2D eigenvalue weighted by Crippen LogP contribution is -2.51. The smallest absolute Gasteiger partial charge is 0.264 e. The van der Waals surface area contributed by atoms with Crippen LogP contribution in [0.25, 0.3) is 0 Å². The highest BCUT2D eigenvalue weighted by molar-refractivity contribution is 7.92. The molecule has 0 bridgehead atoms. The largest absolute Gasteiger partial charge is 0.497 e. The molecular formula is C28H33N3O5S. The summed E-state index contributed by atoms with van der Waals surface area (Å²) in [7, 11) is -2.53. The summed E-state index contributed by atoms with van der Waals surface area (Å²) >= 11 is 0. The maximum atomic E-state index is 13.8. The van der Waals surface area contributed by atoms with E-state index in [0.717, 1.165) is 9.87 Å². The molecule has 0 aliphatic heterocycles. The van der Waals surface area contributed by atoms with Crippen molar-refractivity contribution < 1.29 is 22.7 Å². The summed E-state index contributed by atoms with van der Waals surface area (Å²) in [5.74, 6) is -0.222. The number of carbonyl (C=O) groups excluding carboxylic acids is 2. The van der Waals surface area contributed by atoms with Crippen LogP contribution in [-0.4, -0.2) is 51.4 Å². The van der Waals surface area contributed by atoms with Crippen molar-refractivity contribution in [3.05, 3.63) is 90.0 Å². The van der Waals surface area contributed by atoms with Gasteiger partial charge in [0.1, 0.15) is 18.3 Å². The summed E-state index contributed by atoms with van der Waals surface area (Å²) < 4.78 is 33.9. The number of hydrogen-bond acceptors (Lipinski definition) is 5. The minimum Gasteiger partial charge on any atom is -0.497 e. The summed E-state index contributed by atoms with van der Waals surface area (Å²) in [4.78, 5) is 28.1. The van der Waals surface area contributed by atoms with E-state index in [0.29, 0.717) is 23.5 Å². The van der Waals surface area contributed by atoms with Crippen LogP contribution >= 0.6 is 0 Å². The second kappa shape index (κ2) is 12.4. The van der Waals surface area contributed by atoms with Gasteiger partial charge in [0.2, 0.25) is 11.8 Å². The van der Waals surface area contributed by atoms with E-state index < -0.39 is 28.5 Å². The molecule has 0 heterocycles. The lowest BCUT2D eigenvalue weighted by molar-refractivity contribution is -0.139. The van der Waals surface area contributed by atoms with Crippen molar-refractivity contribution in [2.45, 2.75) is 38.3 Å². The fourth-order valence-corrected chi connectivity index (χ4v) is 5.45. The van der Waals surface area contributed by atoms with Gasteiger partial charge in [-0.05, 0) is 62.2 Å². The highest BCUT2D eigenvalue weighted by Gasteiger charge is 2.32. The molecule has 3 aromatic carbocycles. The summed E-state index contributed by atoms with van der Waals surface area (Å²) in [5.41, 5.74) is 1.84. The molecule has 0 aliphatic carbocycles. The molecule has 3 rings (SSSR count). The monoisotopic (exact) mass is 523 g/mol. The first-order valence-electron chi connectivity index (χ1n) is 12.0. The Morgan fingerprint density at radius 2 is 1.65 bits per heavy atom. The van der Waals surface area contributed by atoms with Gasteiger partial charge in [-0.2, -0.15) is 0 Å². The second-order valence-electron chi connectivity index (χ2n) is 8.55. The van der Waals surface area contributed by atoms with Crippen molar-refractivity contribution in [1.29, 1.82) is 0 Å². The highest BCUT2D eigenvalue weighted by Crippen LogP contribution is 2.27. The SMILES string of the molecule is CCNC(=O)[C@H](C)N(Cc1cccc(OC)c1)C(=O)CN(c1ccccc1C)S(=O)(=O)c1ccccc1. The van der Waals surface area contributed by atoms with Crippen LogP contribution in [0.15, 0.2) is 83.8 Å². The maximum Gasteiger partial charge on any atom is 0.264 e. The van der Waals surface area contributed by atoms with Crippen molar-refractivity contribution in [3.63, 3.8) is 0 Å². The van der Waals surface area contributed by atoms with E-state index in [4.69, 9.17) is 4.74 Å². The molecule has 0 radical (unpaired) electrons. The number of nitrogens with zero attached hydrogens (tertiary/aromatic N) is 2. The standard InChI is InChI=1S/C28H33N3O5S/c1-5-29-28(33)22(3)30(19-23-13-11-14-24(18-23)36-4)27(32)20-31(26-17-10-9-12-21(26)2)37(34,35)25-15-7-6-8-16-25/h6-18,22H,5,19-20H2,1-4H3,(H,29,33)/t22-/m0/s1. The van der Waals surface area contributed by atoms with E-state index >= 15 is 0 Å². The molecule has 9 heteroatoms. The Bertz CT molecular complexity index is 1330. The molecule has 0 saturated carbocycles. The quantitative estimate of drug-likeness (QED) is 0.413. The first-order valence-corrected chi connectivity index (χ1v) is 13.5. The number of likely N-dealkylation sites (N-methyl/N-ethyl adjacent to an activating group) is 1. The zero-order valence-corrected chi connectivity index (χ0v) is 22.4. The molecule has 0 unspecified atom stereocenters. The fraction of sp³-hybridized carbons (Fsp3) is 0.286. The third-order valence-electron chi connectivity index (χ3n) is 6.00. The minimum atomic E-state index is -4.08. The number of rotatable bonds is 11. The molecule has 1 N–H and O–H groups in total. The summed E-state index contributed by atoms with van der Waals surface area (Å²) in [6.07, 6.45) is 0. The van der Waals surface area contributed by atoms with Crippen LogP contribution in [-0.2, 0) is 26.2 Å². The maximum absolute atomic E-state index is 13.8. The van der Waals surface area contributed by atoms with E-state index in [1.165, 1.54) is 17.0 Å². The molecule has 0 aromatic heterocycles. The number of nitrogens with one attached hydrogen (secondary N) is 1. The molecule has 8 nitrogen and oxygen atoms in total. The van der Waals surface area contributed by atoms with Gasteiger partial charge in [0.05, 0.1) is 17.7 Å². The van der Waals surface area contributed by atoms with Crippen LogP contribution in [0.3, 0.4) is 0 Å². The molecule has 1 atom stereocenters. The average Bonchev–Trinajstić information content (AvgIpc) is 2.91. The number of para-hydroxylation sites is 1. The van der Waals surface area contributed by atoms with E-state index in [2.05, 4.69) is 5.32 Å². The fourth-order valence-electron chi connectivity index (χ4n) is 3.95. The predicted molar refractivity (Wildman–Crippen MR) is 144 cm³/mol. The number of sulfonamides is 1. The van der Waals surface area contributed by atoms with Crippen molar-refractivity contribution in [1.82, 2.24) is 10.2 Å². The number of methoxy groups -OCH3 is 1. The topological polar surface area (TPSA) is 96.0 Å². The van der Waals surface area contributed by atoms with Gasteiger partial charge < -0.3 is 15.0 Å². The number of anilines is 1. The third-order valence-corrected chi connectivity index (χ3v) is 7.77. The van der Waals surface area contributed by atoms with Crippen LogP contribution in [0.5, 0.6) is 5.75 Å². The van der Waals surface area contributed by atoms with E-state index in [-0.39, 0.29) is 17.3 Å². The van der Waals surface area contributed by atoms with Gasteiger partial charge in [-0.15, -0.1) is 0 Å². The summed E-state index contributed by atoms with van der Waals surface area (Å²) in [6.45, 7) is 5.25. The van der Waals surface area contributed by atoms with Gasteiger partial charge >= 0.3 is 0 Å². The van der Waals surface area contributed by atoms with Crippen LogP contribution in [0.4, 0.5) is 5.69 Å². The summed E-state index contributed by atoms with van der Waals surface area (Å²) in [5, 5.41) is 2.75. The molecule has 2 amide bonds. The Morgan fingerprint density at radius 3 is 2.30 bits per heavy atom. The molecular weight excluding hydrogens is 490 g/mol. The number of amides is 2. The van der Waals surface area contributed by atoms with Gasteiger partial charge in [-0.1, -0.05) is 48.5 Å². The number of benzene rings is 3. The number of aryl methyl sites for hydroxylation is 1. The van der Waals surface area contributed by atoms with E-state index in [9.17, 15) is 18.0 Å². The molecule has 0 fully saturated rings. The molecule has 37 heavy (non-hydrogen) atoms. The zero-order valence-electron chi connectivity index (χ0n) is 21.5. The number of hydrogen-bond donors (Lipinski definition) is 1. The third kappa shape index (κ3) is 6.68. The number of carbonyl (C=O) groups is 2. The van der Waals surface area contributed by atoms with Gasteiger partial charge in [-0.3, -0.25) is 13.9 Å². The second-order valence-corrected chi connectivity index (χ2v) is 10.4. The lowest BCUT2D eigenvalue weighted by atomic mass is 10.1. The van der Waals surface area contributed by atoms with Crippen molar-refractivity contribution in [2.24, 2.45) is 0 Å². The molecule has 196 valence electrons. The number of ether oxygens (including phenoxy) is 1. The molecule has 0 aliphatic rings. The van der Waals surface area contributed by atoms with Crippen LogP contribution < -0.4 is 14.4 Å². The zero-order chi connectivity index (χ0) is 27.0. The van der Waals surface area contributed by atoms with Gasteiger partial charge in [0.15, 0.2) is 0 Å². The van der Waals surface area contributed by atoms with Crippen LogP contribution in [0.1, 0.15) is 25.0 Å². The first-order chi connectivity index (χ1) is 17.7. The molecule has 0 spiro atoms. The van der Waals surface area contributed by atoms with E-state index in [1.54, 1.807) is 88.5 Å². The Balaban J connectivity index is 2.03. The Hall–Kier alpha value is -3.85. The average molecular weight is 524 g/mol. The van der Waals surface area contributed by atoms with Gasteiger partial charge in [0.25, 0.3) is 10.0 Å².